The second kappa shape index (κ2) is 8.85. The number of benzene rings is 1. The number of carbonyl (C=O) groups is 2. The highest BCUT2D eigenvalue weighted by atomic mass is 35.5. The molecule has 0 aliphatic heterocycles. The summed E-state index contributed by atoms with van der Waals surface area (Å²) in [4.78, 5) is 22.6. The third kappa shape index (κ3) is 6.19. The van der Waals surface area contributed by atoms with Gasteiger partial charge in [0.1, 0.15) is 11.4 Å². The van der Waals surface area contributed by atoms with E-state index >= 15 is 0 Å². The Morgan fingerprint density at radius 1 is 1.19 bits per heavy atom. The van der Waals surface area contributed by atoms with Crippen LogP contribution in [0.25, 0.3) is 0 Å². The Balaban J connectivity index is 1.82. The van der Waals surface area contributed by atoms with E-state index in [1.54, 1.807) is 16.9 Å². The lowest BCUT2D eigenvalue weighted by Gasteiger charge is -2.19. The summed E-state index contributed by atoms with van der Waals surface area (Å²) in [5.74, 6) is 0.450. The van der Waals surface area contributed by atoms with Gasteiger partial charge >= 0.3 is 0 Å². The van der Waals surface area contributed by atoms with Crippen LogP contribution in [0.4, 0.5) is 0 Å². The van der Waals surface area contributed by atoms with E-state index in [0.717, 1.165) is 5.75 Å². The molecule has 1 N–H and O–H groups in total. The third-order valence-electron chi connectivity index (χ3n) is 3.79. The Kier molecular flexibility index (Phi) is 6.80. The number of rotatable bonds is 8. The average molecular weight is 378 g/mol. The molecule has 0 radical (unpaired) electrons. The van der Waals surface area contributed by atoms with Crippen LogP contribution in [0.3, 0.4) is 0 Å². The maximum Gasteiger partial charge on any atom is 0.271 e. The zero-order chi connectivity index (χ0) is 19.2. The van der Waals surface area contributed by atoms with Gasteiger partial charge in [0.15, 0.2) is 6.73 Å². The summed E-state index contributed by atoms with van der Waals surface area (Å²) in [6, 6.07) is 9.56. The van der Waals surface area contributed by atoms with Gasteiger partial charge < -0.3 is 10.1 Å². The molecule has 1 aromatic carbocycles. The van der Waals surface area contributed by atoms with Crippen LogP contribution >= 0.6 is 11.6 Å². The molecule has 6 nitrogen and oxygen atoms in total. The second-order valence-electron chi connectivity index (χ2n) is 7.00. The summed E-state index contributed by atoms with van der Waals surface area (Å²) < 4.78 is 7.24. The van der Waals surface area contributed by atoms with Crippen molar-refractivity contribution in [1.29, 1.82) is 0 Å². The summed E-state index contributed by atoms with van der Waals surface area (Å²) in [6.45, 7) is 7.07. The number of nitrogens with zero attached hydrogens (tertiary/aromatic N) is 2. The smallest absolute Gasteiger partial charge is 0.271 e. The standard InChI is InChI=1S/C19H24ClN3O3/c1-19(2,3)14-6-8-15(9-7-14)26-13-23-12-10-16(22-23)18(25)21-11-4-5-17(20)24/h6-10,12H,4-5,11,13H2,1-3H3,(H,21,25). The van der Waals surface area contributed by atoms with Crippen molar-refractivity contribution in [1.82, 2.24) is 15.1 Å². The highest BCUT2D eigenvalue weighted by Gasteiger charge is 2.13. The lowest BCUT2D eigenvalue weighted by Crippen LogP contribution is -2.25. The van der Waals surface area contributed by atoms with E-state index < -0.39 is 5.24 Å². The highest BCUT2D eigenvalue weighted by Crippen LogP contribution is 2.24. The molecule has 0 fully saturated rings. The van der Waals surface area contributed by atoms with Crippen LogP contribution in [0, 0.1) is 0 Å². The van der Waals surface area contributed by atoms with E-state index in [-0.39, 0.29) is 24.5 Å². The van der Waals surface area contributed by atoms with Gasteiger partial charge in [-0.1, -0.05) is 32.9 Å². The molecular formula is C19H24ClN3O3. The summed E-state index contributed by atoms with van der Waals surface area (Å²) in [5, 5.41) is 6.47. The van der Waals surface area contributed by atoms with Crippen molar-refractivity contribution in [2.24, 2.45) is 0 Å². The van der Waals surface area contributed by atoms with Gasteiger partial charge in [-0.2, -0.15) is 5.10 Å². The van der Waals surface area contributed by atoms with Crippen LogP contribution in [-0.2, 0) is 16.9 Å². The molecule has 7 heteroatoms. The quantitative estimate of drug-likeness (QED) is 0.564. The van der Waals surface area contributed by atoms with Crippen molar-refractivity contribution < 1.29 is 14.3 Å². The van der Waals surface area contributed by atoms with E-state index in [4.69, 9.17) is 16.3 Å². The fraction of sp³-hybridized carbons (Fsp3) is 0.421. The van der Waals surface area contributed by atoms with Crippen molar-refractivity contribution in [2.45, 2.75) is 45.8 Å². The van der Waals surface area contributed by atoms with Gasteiger partial charge in [-0.25, -0.2) is 4.68 Å². The molecule has 26 heavy (non-hydrogen) atoms. The van der Waals surface area contributed by atoms with Gasteiger partial charge in [0.05, 0.1) is 0 Å². The van der Waals surface area contributed by atoms with E-state index in [0.29, 0.717) is 18.7 Å². The molecule has 0 spiro atoms. The summed E-state index contributed by atoms with van der Waals surface area (Å²) in [7, 11) is 0. The first-order chi connectivity index (χ1) is 12.3. The molecule has 0 aliphatic carbocycles. The van der Waals surface area contributed by atoms with Gasteiger partial charge in [-0.15, -0.1) is 0 Å². The molecule has 140 valence electrons. The van der Waals surface area contributed by atoms with Crippen LogP contribution in [0.2, 0.25) is 0 Å². The molecule has 0 saturated heterocycles. The molecule has 2 rings (SSSR count). The van der Waals surface area contributed by atoms with Gasteiger partial charge in [-0.3, -0.25) is 9.59 Å². The average Bonchev–Trinajstić information content (AvgIpc) is 3.05. The normalized spacial score (nSPS) is 11.2. The Bertz CT molecular complexity index is 748. The largest absolute Gasteiger partial charge is 0.471 e. The second-order valence-corrected chi connectivity index (χ2v) is 7.42. The SMILES string of the molecule is CC(C)(C)c1ccc(OCn2ccc(C(=O)NCCCC(=O)Cl)n2)cc1. The van der Waals surface area contributed by atoms with Crippen LogP contribution in [-0.4, -0.2) is 27.5 Å². The lowest BCUT2D eigenvalue weighted by molar-refractivity contribution is -0.111. The molecule has 0 unspecified atom stereocenters. The fourth-order valence-corrected chi connectivity index (χ4v) is 2.40. The number of hydrogen-bond donors (Lipinski definition) is 1. The first kappa shape index (κ1) is 20.0. The van der Waals surface area contributed by atoms with Gasteiger partial charge in [0.25, 0.3) is 5.91 Å². The third-order valence-corrected chi connectivity index (χ3v) is 3.98. The maximum absolute atomic E-state index is 12.0. The van der Waals surface area contributed by atoms with E-state index in [2.05, 4.69) is 31.2 Å². The minimum atomic E-state index is -0.406. The van der Waals surface area contributed by atoms with Crippen molar-refractivity contribution in [3.63, 3.8) is 0 Å². The van der Waals surface area contributed by atoms with Gasteiger partial charge in [0, 0.05) is 19.2 Å². The topological polar surface area (TPSA) is 73.2 Å². The van der Waals surface area contributed by atoms with E-state index in [9.17, 15) is 9.59 Å². The predicted octanol–water partition coefficient (Wildman–Crippen LogP) is 3.49. The fourth-order valence-electron chi connectivity index (χ4n) is 2.27. The molecule has 0 atom stereocenters. The number of nitrogens with one attached hydrogen (secondary N) is 1. The molecule has 0 saturated carbocycles. The first-order valence-corrected chi connectivity index (χ1v) is 8.87. The van der Waals surface area contributed by atoms with E-state index in [1.807, 2.05) is 24.3 Å². The maximum atomic E-state index is 12.0. The number of amides is 1. The predicted molar refractivity (Wildman–Crippen MR) is 100 cm³/mol. The zero-order valence-electron chi connectivity index (χ0n) is 15.3. The molecule has 1 heterocycles. The van der Waals surface area contributed by atoms with Crippen LogP contribution in [0.1, 0.15) is 49.7 Å². The Morgan fingerprint density at radius 3 is 2.50 bits per heavy atom. The van der Waals surface area contributed by atoms with E-state index in [1.165, 1.54) is 5.56 Å². The zero-order valence-corrected chi connectivity index (χ0v) is 16.0. The highest BCUT2D eigenvalue weighted by molar-refractivity contribution is 6.63. The summed E-state index contributed by atoms with van der Waals surface area (Å²) in [6.07, 6.45) is 2.42. The van der Waals surface area contributed by atoms with Crippen molar-refractivity contribution in [2.75, 3.05) is 6.54 Å². The van der Waals surface area contributed by atoms with Crippen molar-refractivity contribution in [3.8, 4) is 5.75 Å². The molecular weight excluding hydrogens is 354 g/mol. The molecule has 0 bridgehead atoms. The number of aromatic nitrogens is 2. The number of carbonyl (C=O) groups excluding carboxylic acids is 2. The monoisotopic (exact) mass is 377 g/mol. The molecule has 1 aromatic heterocycles. The van der Waals surface area contributed by atoms with Gasteiger partial charge in [0.2, 0.25) is 5.24 Å². The lowest BCUT2D eigenvalue weighted by atomic mass is 9.87. The van der Waals surface area contributed by atoms with Crippen LogP contribution in [0.15, 0.2) is 36.5 Å². The van der Waals surface area contributed by atoms with Gasteiger partial charge in [-0.05, 0) is 47.2 Å². The Morgan fingerprint density at radius 2 is 1.88 bits per heavy atom. The molecule has 1 amide bonds. The minimum Gasteiger partial charge on any atom is -0.471 e. The summed E-state index contributed by atoms with van der Waals surface area (Å²) in [5.41, 5.74) is 1.63. The summed E-state index contributed by atoms with van der Waals surface area (Å²) >= 11 is 5.25. The molecule has 0 aliphatic rings. The van der Waals surface area contributed by atoms with Crippen molar-refractivity contribution in [3.05, 3.63) is 47.8 Å². The number of halogens is 1. The van der Waals surface area contributed by atoms with Crippen LogP contribution in [0.5, 0.6) is 5.75 Å². The molecule has 2 aromatic rings. The number of ether oxygens (including phenoxy) is 1. The van der Waals surface area contributed by atoms with Crippen LogP contribution < -0.4 is 10.1 Å². The Labute approximate surface area is 158 Å². The Hall–Kier alpha value is -2.34. The number of hydrogen-bond acceptors (Lipinski definition) is 4. The van der Waals surface area contributed by atoms with Crippen molar-refractivity contribution >= 4 is 22.8 Å². The first-order valence-electron chi connectivity index (χ1n) is 8.49. The minimum absolute atomic E-state index is 0.0971.